The van der Waals surface area contributed by atoms with Crippen molar-refractivity contribution >= 4 is 16.9 Å². The minimum absolute atomic E-state index is 0.0195. The molecular formula is C22H22F2N6O. The van der Waals surface area contributed by atoms with Crippen LogP contribution < -0.4 is 5.73 Å². The summed E-state index contributed by atoms with van der Waals surface area (Å²) < 4.78 is 29.6. The number of aromatic nitrogens is 4. The summed E-state index contributed by atoms with van der Waals surface area (Å²) in [5.74, 6) is 4.59. The van der Waals surface area contributed by atoms with E-state index in [0.29, 0.717) is 22.7 Å². The molecule has 9 heteroatoms. The average Bonchev–Trinajstić information content (AvgIpc) is 3.48. The van der Waals surface area contributed by atoms with Gasteiger partial charge in [-0.1, -0.05) is 5.92 Å². The lowest BCUT2D eigenvalue weighted by Crippen LogP contribution is -2.48. The molecule has 5 rings (SSSR count). The second-order valence-corrected chi connectivity index (χ2v) is 8.46. The van der Waals surface area contributed by atoms with Gasteiger partial charge in [0.15, 0.2) is 11.4 Å². The van der Waals surface area contributed by atoms with Gasteiger partial charge >= 0.3 is 0 Å². The summed E-state index contributed by atoms with van der Waals surface area (Å²) in [6.07, 6.45) is 7.11. The lowest BCUT2D eigenvalue weighted by atomic mass is 10.1. The molecule has 0 aromatic carbocycles. The van der Waals surface area contributed by atoms with Crippen LogP contribution in [-0.4, -0.2) is 60.9 Å². The van der Waals surface area contributed by atoms with Crippen molar-refractivity contribution in [2.24, 2.45) is 0 Å². The van der Waals surface area contributed by atoms with Crippen LogP contribution in [0.2, 0.25) is 0 Å². The quantitative estimate of drug-likeness (QED) is 0.625. The van der Waals surface area contributed by atoms with Gasteiger partial charge in [0, 0.05) is 36.3 Å². The first-order chi connectivity index (χ1) is 14.8. The number of nitrogen functional groups attached to an aromatic ring is 1. The number of hydrogen-bond acceptors (Lipinski definition) is 6. The number of halogens is 2. The molecule has 0 bridgehead atoms. The molecule has 1 aliphatic carbocycles. The van der Waals surface area contributed by atoms with Crippen LogP contribution in [0, 0.1) is 17.7 Å². The number of nitrogens with two attached hydrogens (primary N) is 1. The van der Waals surface area contributed by atoms with Crippen molar-refractivity contribution in [2.45, 2.75) is 37.5 Å². The first kappa shape index (κ1) is 19.8. The normalized spacial score (nSPS) is 19.0. The fourth-order valence-corrected chi connectivity index (χ4v) is 3.91. The average molecular weight is 424 g/mol. The van der Waals surface area contributed by atoms with E-state index in [1.807, 2.05) is 6.20 Å². The topological polar surface area (TPSA) is 93.1 Å². The highest BCUT2D eigenvalue weighted by atomic mass is 19.1. The number of aliphatic hydroxyl groups is 1. The van der Waals surface area contributed by atoms with Crippen molar-refractivity contribution in [1.29, 1.82) is 0 Å². The summed E-state index contributed by atoms with van der Waals surface area (Å²) in [5, 5.41) is 10.5. The Balaban J connectivity index is 1.61. The number of rotatable bonds is 4. The van der Waals surface area contributed by atoms with E-state index in [-0.39, 0.29) is 17.7 Å². The van der Waals surface area contributed by atoms with Gasteiger partial charge in [-0.3, -0.25) is 4.90 Å². The van der Waals surface area contributed by atoms with Gasteiger partial charge in [-0.25, -0.2) is 23.7 Å². The van der Waals surface area contributed by atoms with E-state index >= 15 is 0 Å². The molecule has 1 aliphatic heterocycles. The Hall–Kier alpha value is -3.09. The molecule has 4 heterocycles. The zero-order valence-corrected chi connectivity index (χ0v) is 17.0. The van der Waals surface area contributed by atoms with Crippen LogP contribution in [-0.2, 0) is 0 Å². The molecule has 3 aromatic heterocycles. The van der Waals surface area contributed by atoms with Gasteiger partial charge in [-0.2, -0.15) is 0 Å². The summed E-state index contributed by atoms with van der Waals surface area (Å²) in [4.78, 5) is 14.6. The van der Waals surface area contributed by atoms with Gasteiger partial charge in [-0.15, -0.1) is 0 Å². The molecule has 2 aliphatic rings. The highest BCUT2D eigenvalue weighted by Gasteiger charge is 2.39. The minimum Gasteiger partial charge on any atom is -0.375 e. The van der Waals surface area contributed by atoms with Crippen molar-refractivity contribution in [3.8, 4) is 23.1 Å². The van der Waals surface area contributed by atoms with Crippen molar-refractivity contribution in [3.05, 3.63) is 36.2 Å². The Labute approximate surface area is 177 Å². The van der Waals surface area contributed by atoms with Crippen LogP contribution in [0.5, 0.6) is 0 Å². The maximum Gasteiger partial charge on any atom is 0.220 e. The molecule has 31 heavy (non-hydrogen) atoms. The summed E-state index contributed by atoms with van der Waals surface area (Å²) in [7, 11) is 0. The molecular weight excluding hydrogens is 402 g/mol. The second kappa shape index (κ2) is 7.25. The first-order valence-electron chi connectivity index (χ1n) is 10.2. The molecule has 2 fully saturated rings. The summed E-state index contributed by atoms with van der Waals surface area (Å²) in [6.45, 7) is 2.17. The van der Waals surface area contributed by atoms with E-state index in [2.05, 4.69) is 36.3 Å². The SMILES string of the molecule is CC(O)(C#Cc1cc2c(-c3nc(N)ncc3F)cn(C3CN(C4CC4)C3)c2cn1)CF. The van der Waals surface area contributed by atoms with Crippen LogP contribution >= 0.6 is 0 Å². The zero-order valence-electron chi connectivity index (χ0n) is 17.0. The van der Waals surface area contributed by atoms with E-state index in [1.54, 1.807) is 12.3 Å². The Morgan fingerprint density at radius 2 is 2.03 bits per heavy atom. The molecule has 1 saturated heterocycles. The minimum atomic E-state index is -1.75. The molecule has 0 radical (unpaired) electrons. The fourth-order valence-electron chi connectivity index (χ4n) is 3.91. The van der Waals surface area contributed by atoms with Crippen molar-refractivity contribution in [2.75, 3.05) is 25.5 Å². The second-order valence-electron chi connectivity index (χ2n) is 8.46. The molecule has 1 unspecified atom stereocenters. The van der Waals surface area contributed by atoms with Gasteiger partial charge < -0.3 is 15.4 Å². The largest absolute Gasteiger partial charge is 0.375 e. The summed E-state index contributed by atoms with van der Waals surface area (Å²) in [6, 6.07) is 2.66. The molecule has 1 saturated carbocycles. The van der Waals surface area contributed by atoms with E-state index < -0.39 is 18.1 Å². The Bertz CT molecular complexity index is 1220. The highest BCUT2D eigenvalue weighted by Crippen LogP contribution is 2.39. The van der Waals surface area contributed by atoms with E-state index in [4.69, 9.17) is 5.73 Å². The molecule has 160 valence electrons. The number of nitrogens with zero attached hydrogens (tertiary/aromatic N) is 5. The lowest BCUT2D eigenvalue weighted by Gasteiger charge is -2.40. The van der Waals surface area contributed by atoms with Crippen LogP contribution in [0.3, 0.4) is 0 Å². The zero-order chi connectivity index (χ0) is 21.8. The summed E-state index contributed by atoms with van der Waals surface area (Å²) >= 11 is 0. The Morgan fingerprint density at radius 1 is 1.26 bits per heavy atom. The van der Waals surface area contributed by atoms with Gasteiger partial charge in [0.2, 0.25) is 5.95 Å². The smallest absolute Gasteiger partial charge is 0.220 e. The first-order valence-corrected chi connectivity index (χ1v) is 10.2. The summed E-state index contributed by atoms with van der Waals surface area (Å²) in [5.41, 5.74) is 5.80. The molecule has 0 spiro atoms. The number of fused-ring (bicyclic) bond motifs is 1. The molecule has 3 N–H and O–H groups in total. The maximum absolute atomic E-state index is 14.6. The molecule has 7 nitrogen and oxygen atoms in total. The third-order valence-corrected chi connectivity index (χ3v) is 5.80. The fraction of sp³-hybridized carbons (Fsp3) is 0.409. The van der Waals surface area contributed by atoms with Gasteiger partial charge in [0.25, 0.3) is 0 Å². The predicted molar refractivity (Wildman–Crippen MR) is 112 cm³/mol. The lowest BCUT2D eigenvalue weighted by molar-refractivity contribution is 0.0905. The van der Waals surface area contributed by atoms with Crippen LogP contribution in [0.25, 0.3) is 22.2 Å². The molecule has 0 amide bonds. The third-order valence-electron chi connectivity index (χ3n) is 5.80. The number of pyridine rings is 1. The Morgan fingerprint density at radius 3 is 2.74 bits per heavy atom. The highest BCUT2D eigenvalue weighted by molar-refractivity contribution is 5.95. The van der Waals surface area contributed by atoms with Crippen LogP contribution in [0.15, 0.2) is 24.7 Å². The van der Waals surface area contributed by atoms with Crippen molar-refractivity contribution in [3.63, 3.8) is 0 Å². The monoisotopic (exact) mass is 424 g/mol. The van der Waals surface area contributed by atoms with Crippen molar-refractivity contribution < 1.29 is 13.9 Å². The third kappa shape index (κ3) is 3.73. The predicted octanol–water partition coefficient (Wildman–Crippen LogP) is 2.31. The number of likely N-dealkylation sites (tertiary alicyclic amines) is 1. The van der Waals surface area contributed by atoms with Gasteiger partial charge in [0.1, 0.15) is 18.1 Å². The number of alkyl halides is 1. The molecule has 1 atom stereocenters. The number of anilines is 1. The maximum atomic E-state index is 14.6. The molecule has 3 aromatic rings. The van der Waals surface area contributed by atoms with E-state index in [0.717, 1.165) is 24.8 Å². The van der Waals surface area contributed by atoms with Crippen molar-refractivity contribution in [1.82, 2.24) is 24.4 Å². The van der Waals surface area contributed by atoms with Gasteiger partial charge in [0.05, 0.1) is 24.0 Å². The van der Waals surface area contributed by atoms with Crippen LogP contribution in [0.4, 0.5) is 14.7 Å². The van der Waals surface area contributed by atoms with Crippen LogP contribution in [0.1, 0.15) is 31.5 Å². The standard InChI is InChI=1S/C22H22F2N6O/c1-22(31,12-23)5-4-13-6-16-17(20-18(24)7-27-21(25)28-20)11-30(19(16)8-26-13)15-9-29(10-15)14-2-3-14/h6-8,11,14-15,31H,2-3,9-10,12H2,1H3,(H2,25,27,28). The van der Waals surface area contributed by atoms with E-state index in [1.165, 1.54) is 19.8 Å². The van der Waals surface area contributed by atoms with E-state index in [9.17, 15) is 13.9 Å². The number of hydrogen-bond donors (Lipinski definition) is 2. The Kier molecular flexibility index (Phi) is 4.64. The van der Waals surface area contributed by atoms with Gasteiger partial charge in [-0.05, 0) is 31.8 Å².